The molecule has 112 valence electrons. The largest absolute Gasteiger partial charge is 0.326 e. The number of nitrogens with zero attached hydrogens (tertiary/aromatic N) is 1. The highest BCUT2D eigenvalue weighted by molar-refractivity contribution is 7.89. The third kappa shape index (κ3) is 2.75. The highest BCUT2D eigenvalue weighted by Gasteiger charge is 2.37. The van der Waals surface area contributed by atoms with E-state index >= 15 is 0 Å². The van der Waals surface area contributed by atoms with Crippen molar-refractivity contribution in [3.63, 3.8) is 0 Å². The molecule has 0 amide bonds. The summed E-state index contributed by atoms with van der Waals surface area (Å²) in [4.78, 5) is 0.410. The molecule has 0 aromatic heterocycles. The van der Waals surface area contributed by atoms with Crippen LogP contribution in [-0.2, 0) is 16.6 Å². The number of hydrogen-bond acceptors (Lipinski definition) is 3. The Morgan fingerprint density at radius 1 is 1.40 bits per heavy atom. The Hall–Kier alpha value is -0.910. The molecule has 1 aromatic carbocycles. The summed E-state index contributed by atoms with van der Waals surface area (Å²) < 4.78 is 27.5. The van der Waals surface area contributed by atoms with Gasteiger partial charge in [0, 0.05) is 19.1 Å². The summed E-state index contributed by atoms with van der Waals surface area (Å²) in [6, 6.07) is 5.56. The van der Waals surface area contributed by atoms with Crippen LogP contribution in [0.2, 0.25) is 0 Å². The Kier molecular flexibility index (Phi) is 4.52. The van der Waals surface area contributed by atoms with Crippen molar-refractivity contribution < 1.29 is 8.42 Å². The van der Waals surface area contributed by atoms with Crippen LogP contribution in [0, 0.1) is 12.8 Å². The van der Waals surface area contributed by atoms with Gasteiger partial charge in [-0.2, -0.15) is 4.31 Å². The first-order valence-electron chi connectivity index (χ1n) is 7.19. The maximum atomic E-state index is 12.9. The SMILES string of the molecule is Cc1ccc(CN)cc1S(=O)(=O)N1CCCC1C(C)C. The molecule has 0 bridgehead atoms. The predicted molar refractivity (Wildman–Crippen MR) is 80.8 cm³/mol. The van der Waals surface area contributed by atoms with E-state index in [2.05, 4.69) is 13.8 Å². The minimum atomic E-state index is -3.42. The first-order valence-corrected chi connectivity index (χ1v) is 8.63. The van der Waals surface area contributed by atoms with Crippen molar-refractivity contribution in [1.82, 2.24) is 4.31 Å². The van der Waals surface area contributed by atoms with E-state index in [9.17, 15) is 8.42 Å². The number of hydrogen-bond donors (Lipinski definition) is 1. The number of nitrogens with two attached hydrogens (primary N) is 1. The van der Waals surface area contributed by atoms with E-state index in [1.807, 2.05) is 19.1 Å². The lowest BCUT2D eigenvalue weighted by Crippen LogP contribution is -2.38. The highest BCUT2D eigenvalue weighted by atomic mass is 32.2. The molecule has 2 rings (SSSR count). The Morgan fingerprint density at radius 3 is 2.70 bits per heavy atom. The van der Waals surface area contributed by atoms with Gasteiger partial charge >= 0.3 is 0 Å². The smallest absolute Gasteiger partial charge is 0.243 e. The van der Waals surface area contributed by atoms with Gasteiger partial charge in [-0.15, -0.1) is 0 Å². The zero-order chi connectivity index (χ0) is 14.9. The van der Waals surface area contributed by atoms with E-state index in [0.717, 1.165) is 24.0 Å². The second-order valence-electron chi connectivity index (χ2n) is 5.87. The van der Waals surface area contributed by atoms with Crippen molar-refractivity contribution in [2.24, 2.45) is 11.7 Å². The first kappa shape index (κ1) is 15.5. The van der Waals surface area contributed by atoms with E-state index in [1.54, 1.807) is 10.4 Å². The normalized spacial score (nSPS) is 20.8. The minimum absolute atomic E-state index is 0.112. The third-order valence-corrected chi connectivity index (χ3v) is 6.16. The molecule has 20 heavy (non-hydrogen) atoms. The van der Waals surface area contributed by atoms with Gasteiger partial charge in [0.25, 0.3) is 0 Å². The van der Waals surface area contributed by atoms with Gasteiger partial charge in [-0.3, -0.25) is 0 Å². The van der Waals surface area contributed by atoms with Gasteiger partial charge in [-0.05, 0) is 42.9 Å². The Morgan fingerprint density at radius 2 is 2.10 bits per heavy atom. The average Bonchev–Trinajstić information content (AvgIpc) is 2.89. The van der Waals surface area contributed by atoms with Gasteiger partial charge in [-0.25, -0.2) is 8.42 Å². The van der Waals surface area contributed by atoms with Crippen LogP contribution in [0.25, 0.3) is 0 Å². The molecule has 1 aliphatic heterocycles. The van der Waals surface area contributed by atoms with Crippen molar-refractivity contribution in [1.29, 1.82) is 0 Å². The fourth-order valence-electron chi connectivity index (χ4n) is 2.91. The molecule has 1 heterocycles. The molecule has 0 spiro atoms. The molecule has 2 N–H and O–H groups in total. The van der Waals surface area contributed by atoms with Gasteiger partial charge in [0.1, 0.15) is 0 Å². The average molecular weight is 296 g/mol. The maximum absolute atomic E-state index is 12.9. The standard InChI is InChI=1S/C15H24N2O2S/c1-11(2)14-5-4-8-17(14)20(18,19)15-9-13(10-16)7-6-12(15)3/h6-7,9,11,14H,4-5,8,10,16H2,1-3H3. The molecular weight excluding hydrogens is 272 g/mol. The summed E-state index contributed by atoms with van der Waals surface area (Å²) in [5, 5.41) is 0. The second kappa shape index (κ2) is 5.84. The van der Waals surface area contributed by atoms with Gasteiger partial charge in [0.2, 0.25) is 10.0 Å². The van der Waals surface area contributed by atoms with E-state index in [-0.39, 0.29) is 6.04 Å². The molecule has 1 aliphatic rings. The van der Waals surface area contributed by atoms with Crippen LogP contribution in [0.5, 0.6) is 0 Å². The summed E-state index contributed by atoms with van der Waals surface area (Å²) >= 11 is 0. The van der Waals surface area contributed by atoms with E-state index in [4.69, 9.17) is 5.73 Å². The molecule has 1 atom stereocenters. The van der Waals surface area contributed by atoms with Crippen molar-refractivity contribution in [2.45, 2.75) is 51.1 Å². The molecule has 1 fully saturated rings. The molecule has 0 saturated carbocycles. The molecule has 1 saturated heterocycles. The maximum Gasteiger partial charge on any atom is 0.243 e. The number of aryl methyl sites for hydroxylation is 1. The van der Waals surface area contributed by atoms with Crippen molar-refractivity contribution in [2.75, 3.05) is 6.54 Å². The van der Waals surface area contributed by atoms with Crippen LogP contribution < -0.4 is 5.73 Å². The summed E-state index contributed by atoms with van der Waals surface area (Å²) in [6.07, 6.45) is 1.89. The summed E-state index contributed by atoms with van der Waals surface area (Å²) in [5.74, 6) is 0.338. The number of sulfonamides is 1. The van der Waals surface area contributed by atoms with Crippen LogP contribution in [-0.4, -0.2) is 25.3 Å². The molecule has 5 heteroatoms. The second-order valence-corrected chi connectivity index (χ2v) is 7.73. The lowest BCUT2D eigenvalue weighted by molar-refractivity contribution is 0.315. The van der Waals surface area contributed by atoms with Gasteiger partial charge in [-0.1, -0.05) is 26.0 Å². The molecule has 0 radical (unpaired) electrons. The number of benzene rings is 1. The molecule has 0 aliphatic carbocycles. The van der Waals surface area contributed by atoms with Crippen LogP contribution in [0.4, 0.5) is 0 Å². The summed E-state index contributed by atoms with van der Waals surface area (Å²) in [6.45, 7) is 6.99. The zero-order valence-electron chi connectivity index (χ0n) is 12.5. The van der Waals surface area contributed by atoms with Crippen LogP contribution in [0.3, 0.4) is 0 Å². The first-order chi connectivity index (χ1) is 9.37. The lowest BCUT2D eigenvalue weighted by atomic mass is 10.0. The van der Waals surface area contributed by atoms with Crippen molar-refractivity contribution in [3.05, 3.63) is 29.3 Å². The van der Waals surface area contributed by atoms with Crippen molar-refractivity contribution in [3.8, 4) is 0 Å². The van der Waals surface area contributed by atoms with E-state index < -0.39 is 10.0 Å². The molecule has 4 nitrogen and oxygen atoms in total. The number of rotatable bonds is 4. The van der Waals surface area contributed by atoms with Gasteiger partial charge < -0.3 is 5.73 Å². The summed E-state index contributed by atoms with van der Waals surface area (Å²) in [7, 11) is -3.42. The van der Waals surface area contributed by atoms with Crippen molar-refractivity contribution >= 4 is 10.0 Å². The third-order valence-electron chi connectivity index (χ3n) is 4.09. The van der Waals surface area contributed by atoms with Crippen LogP contribution >= 0.6 is 0 Å². The molecule has 1 aromatic rings. The fourth-order valence-corrected chi connectivity index (χ4v) is 5.01. The monoisotopic (exact) mass is 296 g/mol. The Labute approximate surface area is 122 Å². The molecule has 1 unspecified atom stereocenters. The van der Waals surface area contributed by atoms with Crippen LogP contribution in [0.15, 0.2) is 23.1 Å². The van der Waals surface area contributed by atoms with E-state index in [1.165, 1.54) is 0 Å². The highest BCUT2D eigenvalue weighted by Crippen LogP contribution is 2.31. The fraction of sp³-hybridized carbons (Fsp3) is 0.600. The zero-order valence-corrected chi connectivity index (χ0v) is 13.3. The van der Waals surface area contributed by atoms with Gasteiger partial charge in [0.05, 0.1) is 4.90 Å². The van der Waals surface area contributed by atoms with E-state index in [0.29, 0.717) is 23.9 Å². The molecular formula is C15H24N2O2S. The summed E-state index contributed by atoms with van der Waals surface area (Å²) in [5.41, 5.74) is 7.28. The Bertz CT molecular complexity index is 582. The van der Waals surface area contributed by atoms with Crippen LogP contribution in [0.1, 0.15) is 37.8 Å². The quantitative estimate of drug-likeness (QED) is 0.927. The predicted octanol–water partition coefficient (Wildman–Crippen LogP) is 2.26. The lowest BCUT2D eigenvalue weighted by Gasteiger charge is -2.27. The Balaban J connectivity index is 2.44. The minimum Gasteiger partial charge on any atom is -0.326 e. The topological polar surface area (TPSA) is 63.4 Å². The van der Waals surface area contributed by atoms with Gasteiger partial charge in [0.15, 0.2) is 0 Å².